The Morgan fingerprint density at radius 1 is 1.00 bits per heavy atom. The molecule has 0 aliphatic carbocycles. The summed E-state index contributed by atoms with van der Waals surface area (Å²) >= 11 is 0. The fourth-order valence-corrected chi connectivity index (χ4v) is 5.87. The van der Waals surface area contributed by atoms with Crippen molar-refractivity contribution in [2.45, 2.75) is 50.7 Å². The van der Waals surface area contributed by atoms with E-state index in [1.54, 1.807) is 13.3 Å². The molecule has 0 unspecified atom stereocenters. The first-order valence-electron chi connectivity index (χ1n) is 14.2. The van der Waals surface area contributed by atoms with Gasteiger partial charge in [-0.3, -0.25) is 9.59 Å². The second-order valence-corrected chi connectivity index (χ2v) is 11.1. The van der Waals surface area contributed by atoms with Gasteiger partial charge in [0.2, 0.25) is 0 Å². The van der Waals surface area contributed by atoms with E-state index in [9.17, 15) is 9.59 Å². The molecule has 9 nitrogen and oxygen atoms in total. The SMILES string of the molecule is COc1cccc(C(=O)N[C@H]2C[C@H]3CC[C@@H](C2)N3c2ccc(C(=O)Nc3ccc(OCCN(C)C)cc3)cn2)c1C. The highest BCUT2D eigenvalue weighted by Gasteiger charge is 2.42. The van der Waals surface area contributed by atoms with E-state index in [-0.39, 0.29) is 17.9 Å². The third-order valence-corrected chi connectivity index (χ3v) is 8.01. The van der Waals surface area contributed by atoms with Gasteiger partial charge in [-0.05, 0) is 95.2 Å². The molecule has 2 bridgehead atoms. The Kier molecular flexibility index (Phi) is 8.73. The van der Waals surface area contributed by atoms with E-state index >= 15 is 0 Å². The van der Waals surface area contributed by atoms with Gasteiger partial charge < -0.3 is 29.9 Å². The molecule has 0 radical (unpaired) electrons. The van der Waals surface area contributed by atoms with E-state index in [1.807, 2.05) is 75.6 Å². The van der Waals surface area contributed by atoms with Crippen molar-refractivity contribution in [1.29, 1.82) is 0 Å². The number of rotatable bonds is 10. The number of pyridine rings is 1. The summed E-state index contributed by atoms with van der Waals surface area (Å²) in [7, 11) is 5.62. The number of aromatic nitrogens is 1. The average molecular weight is 558 g/mol. The lowest BCUT2D eigenvalue weighted by molar-refractivity contribution is 0.0925. The van der Waals surface area contributed by atoms with Crippen LogP contribution in [0, 0.1) is 6.92 Å². The van der Waals surface area contributed by atoms with Crippen LogP contribution in [-0.4, -0.2) is 74.2 Å². The third kappa shape index (κ3) is 6.62. The largest absolute Gasteiger partial charge is 0.496 e. The minimum atomic E-state index is -0.206. The Morgan fingerprint density at radius 3 is 2.37 bits per heavy atom. The molecule has 41 heavy (non-hydrogen) atoms. The van der Waals surface area contributed by atoms with Gasteiger partial charge in [-0.1, -0.05) is 6.07 Å². The van der Waals surface area contributed by atoms with Gasteiger partial charge in [-0.25, -0.2) is 4.98 Å². The highest BCUT2D eigenvalue weighted by molar-refractivity contribution is 6.04. The predicted octanol–water partition coefficient (Wildman–Crippen LogP) is 4.52. The lowest BCUT2D eigenvalue weighted by Crippen LogP contribution is -2.50. The number of amides is 2. The molecule has 2 amide bonds. The van der Waals surface area contributed by atoms with Crippen LogP contribution in [0.4, 0.5) is 11.5 Å². The zero-order valence-electron chi connectivity index (χ0n) is 24.2. The Bertz CT molecular complexity index is 1350. The topological polar surface area (TPSA) is 96.0 Å². The molecule has 0 spiro atoms. The molecular weight excluding hydrogens is 518 g/mol. The molecule has 3 atom stereocenters. The number of hydrogen-bond donors (Lipinski definition) is 2. The van der Waals surface area contributed by atoms with Crippen LogP contribution in [0.15, 0.2) is 60.8 Å². The molecular formula is C32H39N5O4. The number of nitrogens with zero attached hydrogens (tertiary/aromatic N) is 3. The number of carbonyl (C=O) groups is 2. The van der Waals surface area contributed by atoms with Crippen molar-refractivity contribution >= 4 is 23.3 Å². The van der Waals surface area contributed by atoms with Gasteiger partial charge in [-0.15, -0.1) is 0 Å². The molecule has 2 aromatic carbocycles. The summed E-state index contributed by atoms with van der Waals surface area (Å²) in [5.41, 5.74) is 2.70. The fourth-order valence-electron chi connectivity index (χ4n) is 5.87. The number of likely N-dealkylation sites (N-methyl/N-ethyl adjacent to an activating group) is 1. The molecule has 2 aliphatic rings. The number of hydrogen-bond acceptors (Lipinski definition) is 7. The molecule has 3 aromatic rings. The van der Waals surface area contributed by atoms with Gasteiger partial charge in [0.15, 0.2) is 0 Å². The summed E-state index contributed by atoms with van der Waals surface area (Å²) < 4.78 is 11.1. The van der Waals surface area contributed by atoms with Crippen LogP contribution in [0.5, 0.6) is 11.5 Å². The molecule has 2 fully saturated rings. The summed E-state index contributed by atoms with van der Waals surface area (Å²) in [6, 6.07) is 17.4. The van der Waals surface area contributed by atoms with E-state index < -0.39 is 0 Å². The smallest absolute Gasteiger partial charge is 0.257 e. The van der Waals surface area contributed by atoms with Crippen molar-refractivity contribution in [1.82, 2.24) is 15.2 Å². The summed E-state index contributed by atoms with van der Waals surface area (Å²) in [5, 5.41) is 6.19. The van der Waals surface area contributed by atoms with Crippen LogP contribution in [0.2, 0.25) is 0 Å². The van der Waals surface area contributed by atoms with Crippen molar-refractivity contribution in [2.24, 2.45) is 0 Å². The van der Waals surface area contributed by atoms with Crippen molar-refractivity contribution in [3.63, 3.8) is 0 Å². The second-order valence-electron chi connectivity index (χ2n) is 11.1. The number of benzene rings is 2. The van der Waals surface area contributed by atoms with Crippen molar-refractivity contribution in [3.05, 3.63) is 77.5 Å². The maximum absolute atomic E-state index is 13.1. The zero-order chi connectivity index (χ0) is 28.9. The Balaban J connectivity index is 1.16. The molecule has 2 N–H and O–H groups in total. The Hall–Kier alpha value is -4.11. The van der Waals surface area contributed by atoms with Crippen LogP contribution in [0.1, 0.15) is 52.0 Å². The molecule has 2 aliphatic heterocycles. The standard InChI is InChI=1S/C32H39N5O4/c1-21-28(6-5-7-29(21)40-4)32(39)35-24-18-25-11-12-26(19-24)37(25)30-15-8-22(20-33-30)31(38)34-23-9-13-27(14-10-23)41-17-16-36(2)3/h5-10,13-15,20,24-26H,11-12,16-19H2,1-4H3,(H,34,38)(H,35,39)/t24-,25+,26-. The minimum absolute atomic E-state index is 0.0563. The highest BCUT2D eigenvalue weighted by Crippen LogP contribution is 2.38. The van der Waals surface area contributed by atoms with Gasteiger partial charge >= 0.3 is 0 Å². The molecule has 9 heteroatoms. The Morgan fingerprint density at radius 2 is 1.73 bits per heavy atom. The van der Waals surface area contributed by atoms with E-state index in [0.29, 0.717) is 35.5 Å². The quantitative estimate of drug-likeness (QED) is 0.378. The number of nitrogens with one attached hydrogen (secondary N) is 2. The van der Waals surface area contributed by atoms with Gasteiger partial charge in [-0.2, -0.15) is 0 Å². The van der Waals surface area contributed by atoms with Crippen molar-refractivity contribution < 1.29 is 19.1 Å². The number of anilines is 2. The van der Waals surface area contributed by atoms with E-state index in [2.05, 4.69) is 25.4 Å². The van der Waals surface area contributed by atoms with E-state index in [1.165, 1.54) is 0 Å². The van der Waals surface area contributed by atoms with Crippen LogP contribution in [0.3, 0.4) is 0 Å². The van der Waals surface area contributed by atoms with Gasteiger partial charge in [0.25, 0.3) is 11.8 Å². The number of ether oxygens (including phenoxy) is 2. The van der Waals surface area contributed by atoms with Crippen LogP contribution in [-0.2, 0) is 0 Å². The molecule has 5 rings (SSSR count). The third-order valence-electron chi connectivity index (χ3n) is 8.01. The summed E-state index contributed by atoms with van der Waals surface area (Å²) in [6.45, 7) is 3.35. The lowest BCUT2D eigenvalue weighted by atomic mass is 9.96. The predicted molar refractivity (Wildman–Crippen MR) is 160 cm³/mol. The van der Waals surface area contributed by atoms with Crippen LogP contribution >= 0.6 is 0 Å². The minimum Gasteiger partial charge on any atom is -0.496 e. The lowest BCUT2D eigenvalue weighted by Gasteiger charge is -2.40. The normalized spacial score (nSPS) is 19.6. The monoisotopic (exact) mass is 557 g/mol. The van der Waals surface area contributed by atoms with Gasteiger partial charge in [0.05, 0.1) is 12.7 Å². The first-order chi connectivity index (χ1) is 19.8. The summed E-state index contributed by atoms with van der Waals surface area (Å²) in [6.07, 6.45) is 5.50. The highest BCUT2D eigenvalue weighted by atomic mass is 16.5. The van der Waals surface area contributed by atoms with E-state index in [4.69, 9.17) is 9.47 Å². The average Bonchev–Trinajstić information content (AvgIpc) is 3.23. The van der Waals surface area contributed by atoms with Crippen LogP contribution in [0.25, 0.3) is 0 Å². The summed E-state index contributed by atoms with van der Waals surface area (Å²) in [5.74, 6) is 2.10. The summed E-state index contributed by atoms with van der Waals surface area (Å²) in [4.78, 5) is 35.0. The second kappa shape index (κ2) is 12.6. The molecule has 3 heterocycles. The number of fused-ring (bicyclic) bond motifs is 2. The fraction of sp³-hybridized carbons (Fsp3) is 0.406. The molecule has 1 aromatic heterocycles. The number of piperidine rings is 1. The van der Waals surface area contributed by atoms with E-state index in [0.717, 1.165) is 55.1 Å². The van der Waals surface area contributed by atoms with Crippen molar-refractivity contribution in [2.75, 3.05) is 44.6 Å². The first-order valence-corrected chi connectivity index (χ1v) is 14.2. The number of carbonyl (C=O) groups excluding carboxylic acids is 2. The maximum Gasteiger partial charge on any atom is 0.257 e. The Labute approximate surface area is 241 Å². The number of methoxy groups -OCH3 is 1. The maximum atomic E-state index is 13.1. The molecule has 216 valence electrons. The molecule has 0 saturated carbocycles. The van der Waals surface area contributed by atoms with Crippen LogP contribution < -0.4 is 25.0 Å². The van der Waals surface area contributed by atoms with Gasteiger partial charge in [0.1, 0.15) is 23.9 Å². The first kappa shape index (κ1) is 28.4. The van der Waals surface area contributed by atoms with Gasteiger partial charge in [0, 0.05) is 47.7 Å². The van der Waals surface area contributed by atoms with Crippen molar-refractivity contribution in [3.8, 4) is 11.5 Å². The molecule has 2 saturated heterocycles. The zero-order valence-corrected chi connectivity index (χ0v) is 24.2.